The maximum Gasteiger partial charge on any atom is 0.223 e. The number of amides is 1. The molecule has 0 aromatic heterocycles. The van der Waals surface area contributed by atoms with E-state index in [0.29, 0.717) is 13.0 Å². The summed E-state index contributed by atoms with van der Waals surface area (Å²) in [4.78, 5) is 12.7. The minimum absolute atomic E-state index is 0. The number of hydrogen-bond acceptors (Lipinski definition) is 3. The van der Waals surface area contributed by atoms with Gasteiger partial charge in [0.25, 0.3) is 0 Å². The zero-order valence-corrected chi connectivity index (χ0v) is 15.6. The summed E-state index contributed by atoms with van der Waals surface area (Å²) < 4.78 is 5.87. The summed E-state index contributed by atoms with van der Waals surface area (Å²) in [6.45, 7) is 0.681. The van der Waals surface area contributed by atoms with Crippen molar-refractivity contribution in [3.8, 4) is 0 Å². The second kappa shape index (κ2) is 8.11. The van der Waals surface area contributed by atoms with Crippen LogP contribution in [0.3, 0.4) is 0 Å². The molecular formula is C21H25ClN2O2. The number of anilines is 1. The van der Waals surface area contributed by atoms with Crippen molar-refractivity contribution in [1.82, 2.24) is 5.32 Å². The predicted octanol–water partition coefficient (Wildman–Crippen LogP) is 3.89. The first-order valence-electron chi connectivity index (χ1n) is 9.08. The van der Waals surface area contributed by atoms with Crippen molar-refractivity contribution in [1.29, 1.82) is 0 Å². The number of benzene rings is 2. The quantitative estimate of drug-likeness (QED) is 0.803. The number of halogens is 1. The van der Waals surface area contributed by atoms with Crippen LogP contribution in [0.15, 0.2) is 42.5 Å². The van der Waals surface area contributed by atoms with Gasteiger partial charge in [0.2, 0.25) is 5.91 Å². The van der Waals surface area contributed by atoms with Gasteiger partial charge in [0.15, 0.2) is 0 Å². The molecule has 3 N–H and O–H groups in total. The molecule has 2 aromatic carbocycles. The van der Waals surface area contributed by atoms with Crippen molar-refractivity contribution in [3.05, 3.63) is 64.7 Å². The Balaban J connectivity index is 0.00000196. The monoisotopic (exact) mass is 372 g/mol. The molecule has 2 unspecified atom stereocenters. The third-order valence-corrected chi connectivity index (χ3v) is 5.28. The Bertz CT molecular complexity index is 793. The number of nitrogens with two attached hydrogens (primary N) is 1. The highest BCUT2D eigenvalue weighted by molar-refractivity contribution is 5.85. The summed E-state index contributed by atoms with van der Waals surface area (Å²) >= 11 is 0. The van der Waals surface area contributed by atoms with E-state index in [4.69, 9.17) is 10.5 Å². The molecule has 0 fully saturated rings. The Morgan fingerprint density at radius 2 is 1.96 bits per heavy atom. The molecule has 26 heavy (non-hydrogen) atoms. The highest BCUT2D eigenvalue weighted by Gasteiger charge is 2.26. The van der Waals surface area contributed by atoms with E-state index in [2.05, 4.69) is 23.5 Å². The lowest BCUT2D eigenvalue weighted by atomic mass is 9.87. The van der Waals surface area contributed by atoms with Gasteiger partial charge in [-0.25, -0.2) is 0 Å². The number of hydrogen-bond donors (Lipinski definition) is 2. The molecule has 0 bridgehead atoms. The van der Waals surface area contributed by atoms with Crippen molar-refractivity contribution in [2.24, 2.45) is 0 Å². The molecule has 5 heteroatoms. The van der Waals surface area contributed by atoms with Gasteiger partial charge in [-0.2, -0.15) is 0 Å². The predicted molar refractivity (Wildman–Crippen MR) is 105 cm³/mol. The molecule has 0 radical (unpaired) electrons. The minimum atomic E-state index is -0.139. The van der Waals surface area contributed by atoms with Crippen LogP contribution in [-0.4, -0.2) is 12.5 Å². The third kappa shape index (κ3) is 3.87. The Morgan fingerprint density at radius 3 is 2.85 bits per heavy atom. The van der Waals surface area contributed by atoms with Crippen molar-refractivity contribution in [2.75, 3.05) is 12.3 Å². The van der Waals surface area contributed by atoms with Crippen molar-refractivity contribution in [3.63, 3.8) is 0 Å². The maximum atomic E-state index is 12.7. The lowest BCUT2D eigenvalue weighted by Gasteiger charge is -2.29. The smallest absolute Gasteiger partial charge is 0.223 e. The van der Waals surface area contributed by atoms with Gasteiger partial charge in [0, 0.05) is 5.69 Å². The molecule has 138 valence electrons. The molecule has 1 heterocycles. The molecule has 4 nitrogen and oxygen atoms in total. The largest absolute Gasteiger partial charge is 0.399 e. The molecule has 4 rings (SSSR count). The van der Waals surface area contributed by atoms with Crippen LogP contribution >= 0.6 is 12.4 Å². The number of ether oxygens (including phenoxy) is 1. The molecule has 0 spiro atoms. The van der Waals surface area contributed by atoms with Crippen LogP contribution in [0.5, 0.6) is 0 Å². The Labute approximate surface area is 160 Å². The number of nitrogen functional groups attached to an aromatic ring is 1. The molecule has 1 aliphatic carbocycles. The van der Waals surface area contributed by atoms with Crippen LogP contribution in [-0.2, 0) is 22.4 Å². The average molecular weight is 373 g/mol. The topological polar surface area (TPSA) is 64.3 Å². The molecule has 2 aliphatic rings. The summed E-state index contributed by atoms with van der Waals surface area (Å²) in [5.41, 5.74) is 11.6. The van der Waals surface area contributed by atoms with Gasteiger partial charge < -0.3 is 15.8 Å². The summed E-state index contributed by atoms with van der Waals surface area (Å²) in [7, 11) is 0. The van der Waals surface area contributed by atoms with Gasteiger partial charge in [0.1, 0.15) is 0 Å². The highest BCUT2D eigenvalue weighted by Crippen LogP contribution is 2.33. The fourth-order valence-electron chi connectivity index (χ4n) is 4.05. The number of carbonyl (C=O) groups excluding carboxylic acids is 1. The molecule has 2 aromatic rings. The normalized spacial score (nSPS) is 21.1. The zero-order chi connectivity index (χ0) is 17.2. The molecule has 1 aliphatic heterocycles. The number of carbonyl (C=O) groups is 1. The van der Waals surface area contributed by atoms with E-state index in [1.54, 1.807) is 0 Å². The first kappa shape index (κ1) is 18.7. The fraction of sp³-hybridized carbons (Fsp3) is 0.381. The maximum absolute atomic E-state index is 12.7. The van der Waals surface area contributed by atoms with Crippen LogP contribution < -0.4 is 11.1 Å². The van der Waals surface area contributed by atoms with E-state index >= 15 is 0 Å². The van der Waals surface area contributed by atoms with Crippen molar-refractivity contribution in [2.45, 2.75) is 44.2 Å². The van der Waals surface area contributed by atoms with E-state index < -0.39 is 0 Å². The highest BCUT2D eigenvalue weighted by atomic mass is 35.5. The number of rotatable bonds is 3. The van der Waals surface area contributed by atoms with Crippen LogP contribution in [0, 0.1) is 0 Å². The first-order chi connectivity index (χ1) is 12.2. The summed E-state index contributed by atoms with van der Waals surface area (Å²) in [5.74, 6) is 0.0522. The minimum Gasteiger partial charge on any atom is -0.399 e. The van der Waals surface area contributed by atoms with Crippen LogP contribution in [0.1, 0.15) is 53.7 Å². The molecule has 1 amide bonds. The second-order valence-corrected chi connectivity index (χ2v) is 6.98. The van der Waals surface area contributed by atoms with Crippen LogP contribution in [0.4, 0.5) is 5.69 Å². The van der Waals surface area contributed by atoms with Gasteiger partial charge in [-0.15, -0.1) is 12.4 Å². The fourth-order valence-corrected chi connectivity index (χ4v) is 4.05. The average Bonchev–Trinajstić information content (AvgIpc) is 2.62. The van der Waals surface area contributed by atoms with E-state index in [9.17, 15) is 4.79 Å². The van der Waals surface area contributed by atoms with Crippen LogP contribution in [0.2, 0.25) is 0 Å². The summed E-state index contributed by atoms with van der Waals surface area (Å²) in [5, 5.41) is 3.21. The molecular weight excluding hydrogens is 348 g/mol. The Kier molecular flexibility index (Phi) is 5.84. The zero-order valence-electron chi connectivity index (χ0n) is 14.7. The third-order valence-electron chi connectivity index (χ3n) is 5.28. The van der Waals surface area contributed by atoms with Gasteiger partial charge in [-0.05, 0) is 60.1 Å². The lowest BCUT2D eigenvalue weighted by Crippen LogP contribution is -2.33. The van der Waals surface area contributed by atoms with Crippen LogP contribution in [0.25, 0.3) is 0 Å². The number of nitrogens with one attached hydrogen (secondary N) is 1. The van der Waals surface area contributed by atoms with Crippen molar-refractivity contribution >= 4 is 24.0 Å². The summed E-state index contributed by atoms with van der Waals surface area (Å²) in [6.07, 6.45) is 4.24. The lowest BCUT2D eigenvalue weighted by molar-refractivity contribution is -0.125. The first-order valence-corrected chi connectivity index (χ1v) is 9.08. The summed E-state index contributed by atoms with van der Waals surface area (Å²) in [6, 6.07) is 14.4. The standard InChI is InChI=1S/C21H24N2O2.ClH/c22-16-8-9-17-15(12-16)5-3-7-19(17)23-21(24)13-20-18-6-2-1-4-14(18)10-11-25-20;/h1-2,4,6,8-9,12,19-20H,3,5,7,10-11,13,22H2,(H,23,24);1H. The Morgan fingerprint density at radius 1 is 1.12 bits per heavy atom. The van der Waals surface area contributed by atoms with Gasteiger partial charge in [-0.3, -0.25) is 4.79 Å². The molecule has 0 saturated carbocycles. The van der Waals surface area contributed by atoms with E-state index in [-0.39, 0.29) is 30.5 Å². The second-order valence-electron chi connectivity index (χ2n) is 6.98. The van der Waals surface area contributed by atoms with Gasteiger partial charge in [-0.1, -0.05) is 30.3 Å². The number of fused-ring (bicyclic) bond motifs is 2. The number of aryl methyl sites for hydroxylation is 1. The van der Waals surface area contributed by atoms with Gasteiger partial charge in [0.05, 0.1) is 25.2 Å². The van der Waals surface area contributed by atoms with E-state index in [1.807, 2.05) is 24.3 Å². The van der Waals surface area contributed by atoms with Crippen molar-refractivity contribution < 1.29 is 9.53 Å². The van der Waals surface area contributed by atoms with E-state index in [0.717, 1.165) is 36.9 Å². The molecule has 0 saturated heterocycles. The van der Waals surface area contributed by atoms with Gasteiger partial charge >= 0.3 is 0 Å². The Hall–Kier alpha value is -2.04. The SMILES string of the molecule is Cl.Nc1ccc2c(c1)CCCC2NC(=O)CC1OCCc2ccccc21. The molecule has 2 atom stereocenters. The van der Waals surface area contributed by atoms with E-state index in [1.165, 1.54) is 16.7 Å².